The number of hydrogen-bond donors (Lipinski definition) is 2. The van der Waals surface area contributed by atoms with Crippen LogP contribution in [0.5, 0.6) is 5.75 Å². The molecule has 3 N–H and O–H groups in total. The van der Waals surface area contributed by atoms with E-state index in [2.05, 4.69) is 5.32 Å². The standard InChI is InChI=1S/C14H19ClN2O2.ClH/c1-9(16)7-14(18)17-12-3-2-6-19-13-8-10(15)4-5-11(12)13;/h4-5,8-9,12H,2-3,6-7,16H2,1H3,(H,17,18);1H. The van der Waals surface area contributed by atoms with Gasteiger partial charge in [-0.25, -0.2) is 0 Å². The molecule has 2 atom stereocenters. The molecule has 20 heavy (non-hydrogen) atoms. The Bertz CT molecular complexity index is 466. The van der Waals surface area contributed by atoms with E-state index in [1.165, 1.54) is 0 Å². The lowest BCUT2D eigenvalue weighted by Crippen LogP contribution is -2.32. The molecule has 0 spiro atoms. The largest absolute Gasteiger partial charge is 0.493 e. The molecule has 0 saturated carbocycles. The third-order valence-electron chi connectivity index (χ3n) is 3.09. The van der Waals surface area contributed by atoms with Gasteiger partial charge in [0.05, 0.1) is 12.6 Å². The zero-order valence-corrected chi connectivity index (χ0v) is 13.0. The number of nitrogens with two attached hydrogens (primary N) is 1. The molecule has 1 heterocycles. The van der Waals surface area contributed by atoms with Gasteiger partial charge in [0, 0.05) is 23.0 Å². The Morgan fingerprint density at radius 1 is 1.60 bits per heavy atom. The van der Waals surface area contributed by atoms with Crippen molar-refractivity contribution in [2.75, 3.05) is 6.61 Å². The van der Waals surface area contributed by atoms with Crippen LogP contribution in [0.4, 0.5) is 0 Å². The Balaban J connectivity index is 0.00000200. The van der Waals surface area contributed by atoms with Crippen molar-refractivity contribution in [3.8, 4) is 5.75 Å². The fourth-order valence-corrected chi connectivity index (χ4v) is 2.40. The van der Waals surface area contributed by atoms with Crippen molar-refractivity contribution in [1.29, 1.82) is 0 Å². The van der Waals surface area contributed by atoms with Crippen LogP contribution < -0.4 is 15.8 Å². The van der Waals surface area contributed by atoms with Crippen LogP contribution in [-0.4, -0.2) is 18.6 Å². The maximum atomic E-state index is 11.9. The first-order valence-electron chi connectivity index (χ1n) is 6.53. The molecule has 0 radical (unpaired) electrons. The summed E-state index contributed by atoms with van der Waals surface area (Å²) in [6.45, 7) is 2.47. The van der Waals surface area contributed by atoms with Crippen LogP contribution >= 0.6 is 24.0 Å². The highest BCUT2D eigenvalue weighted by atomic mass is 35.5. The van der Waals surface area contributed by atoms with Crippen LogP contribution in [0.25, 0.3) is 0 Å². The van der Waals surface area contributed by atoms with Crippen LogP contribution in [0.2, 0.25) is 5.02 Å². The predicted molar refractivity (Wildman–Crippen MR) is 82.6 cm³/mol. The van der Waals surface area contributed by atoms with E-state index in [4.69, 9.17) is 22.1 Å². The molecule has 0 saturated heterocycles. The lowest BCUT2D eigenvalue weighted by molar-refractivity contribution is -0.122. The average Bonchev–Trinajstić information content (AvgIpc) is 2.50. The molecule has 0 fully saturated rings. The van der Waals surface area contributed by atoms with E-state index in [9.17, 15) is 4.79 Å². The number of carbonyl (C=O) groups is 1. The van der Waals surface area contributed by atoms with Gasteiger partial charge in [-0.05, 0) is 31.9 Å². The Morgan fingerprint density at radius 2 is 2.35 bits per heavy atom. The second-order valence-corrected chi connectivity index (χ2v) is 5.41. The van der Waals surface area contributed by atoms with Gasteiger partial charge in [0.1, 0.15) is 5.75 Å². The molecule has 112 valence electrons. The number of rotatable bonds is 3. The second-order valence-electron chi connectivity index (χ2n) is 4.97. The monoisotopic (exact) mass is 318 g/mol. The molecule has 0 bridgehead atoms. The summed E-state index contributed by atoms with van der Waals surface area (Å²) in [6.07, 6.45) is 2.09. The van der Waals surface area contributed by atoms with Gasteiger partial charge in [0.25, 0.3) is 0 Å². The molecular formula is C14H20Cl2N2O2. The molecular weight excluding hydrogens is 299 g/mol. The number of fused-ring (bicyclic) bond motifs is 1. The molecule has 1 amide bonds. The number of ether oxygens (including phenoxy) is 1. The molecule has 1 aliphatic heterocycles. The SMILES string of the molecule is CC(N)CC(=O)NC1CCCOc2cc(Cl)ccc21.Cl. The highest BCUT2D eigenvalue weighted by Crippen LogP contribution is 2.33. The van der Waals surface area contributed by atoms with Gasteiger partial charge in [-0.3, -0.25) is 4.79 Å². The highest BCUT2D eigenvalue weighted by molar-refractivity contribution is 6.30. The maximum absolute atomic E-state index is 11.9. The maximum Gasteiger partial charge on any atom is 0.222 e. The smallest absolute Gasteiger partial charge is 0.222 e. The number of halogens is 2. The Kier molecular flexibility index (Phi) is 6.59. The van der Waals surface area contributed by atoms with Crippen molar-refractivity contribution < 1.29 is 9.53 Å². The van der Waals surface area contributed by atoms with E-state index in [1.807, 2.05) is 19.1 Å². The molecule has 1 aromatic rings. The Labute approximate surface area is 130 Å². The zero-order chi connectivity index (χ0) is 13.8. The molecule has 0 aromatic heterocycles. The third-order valence-corrected chi connectivity index (χ3v) is 3.32. The first kappa shape index (κ1) is 17.1. The summed E-state index contributed by atoms with van der Waals surface area (Å²) in [5.74, 6) is 0.735. The third kappa shape index (κ3) is 4.54. The summed E-state index contributed by atoms with van der Waals surface area (Å²) in [5.41, 5.74) is 6.63. The summed E-state index contributed by atoms with van der Waals surface area (Å²) in [5, 5.41) is 3.66. The molecule has 4 nitrogen and oxygen atoms in total. The van der Waals surface area contributed by atoms with Gasteiger partial charge in [0.2, 0.25) is 5.91 Å². The van der Waals surface area contributed by atoms with Crippen LogP contribution in [-0.2, 0) is 4.79 Å². The molecule has 6 heteroatoms. The van der Waals surface area contributed by atoms with Gasteiger partial charge in [-0.1, -0.05) is 17.7 Å². The number of amides is 1. The minimum Gasteiger partial charge on any atom is -0.493 e. The summed E-state index contributed by atoms with van der Waals surface area (Å²) in [6, 6.07) is 5.37. The number of nitrogens with one attached hydrogen (secondary N) is 1. The summed E-state index contributed by atoms with van der Waals surface area (Å²) < 4.78 is 5.66. The van der Waals surface area contributed by atoms with E-state index in [0.29, 0.717) is 18.1 Å². The van der Waals surface area contributed by atoms with Crippen molar-refractivity contribution in [3.63, 3.8) is 0 Å². The van der Waals surface area contributed by atoms with E-state index < -0.39 is 0 Å². The second kappa shape index (κ2) is 7.72. The van der Waals surface area contributed by atoms with E-state index in [0.717, 1.165) is 24.2 Å². The van der Waals surface area contributed by atoms with Crippen molar-refractivity contribution >= 4 is 29.9 Å². The fourth-order valence-electron chi connectivity index (χ4n) is 2.24. The number of carbonyl (C=O) groups excluding carboxylic acids is 1. The van der Waals surface area contributed by atoms with Crippen molar-refractivity contribution in [3.05, 3.63) is 28.8 Å². The minimum atomic E-state index is -0.133. The van der Waals surface area contributed by atoms with Gasteiger partial charge in [0.15, 0.2) is 0 Å². The topological polar surface area (TPSA) is 64.4 Å². The molecule has 2 unspecified atom stereocenters. The molecule has 1 aromatic carbocycles. The van der Waals surface area contributed by atoms with E-state index in [-0.39, 0.29) is 30.4 Å². The van der Waals surface area contributed by atoms with Crippen LogP contribution in [0.3, 0.4) is 0 Å². The average molecular weight is 319 g/mol. The highest BCUT2D eigenvalue weighted by Gasteiger charge is 2.21. The lowest BCUT2D eigenvalue weighted by Gasteiger charge is -2.19. The minimum absolute atomic E-state index is 0. The molecule has 0 aliphatic carbocycles. The summed E-state index contributed by atoms with van der Waals surface area (Å²) in [4.78, 5) is 11.9. The van der Waals surface area contributed by atoms with Crippen molar-refractivity contribution in [2.24, 2.45) is 5.73 Å². The van der Waals surface area contributed by atoms with Gasteiger partial charge >= 0.3 is 0 Å². The van der Waals surface area contributed by atoms with Gasteiger partial charge < -0.3 is 15.8 Å². The van der Waals surface area contributed by atoms with Crippen LogP contribution in [0, 0.1) is 0 Å². The quantitative estimate of drug-likeness (QED) is 0.900. The van der Waals surface area contributed by atoms with Crippen LogP contribution in [0.1, 0.15) is 37.8 Å². The van der Waals surface area contributed by atoms with Gasteiger partial charge in [-0.2, -0.15) is 0 Å². The first-order valence-corrected chi connectivity index (χ1v) is 6.91. The Morgan fingerprint density at radius 3 is 3.05 bits per heavy atom. The predicted octanol–water partition coefficient (Wildman–Crippen LogP) is 2.83. The van der Waals surface area contributed by atoms with E-state index in [1.54, 1.807) is 6.07 Å². The number of hydrogen-bond acceptors (Lipinski definition) is 3. The summed E-state index contributed by atoms with van der Waals surface area (Å²) in [7, 11) is 0. The summed E-state index contributed by atoms with van der Waals surface area (Å²) >= 11 is 5.97. The van der Waals surface area contributed by atoms with E-state index >= 15 is 0 Å². The number of benzene rings is 1. The Hall–Kier alpha value is -0.970. The fraction of sp³-hybridized carbons (Fsp3) is 0.500. The first-order chi connectivity index (χ1) is 9.06. The van der Waals surface area contributed by atoms with Crippen molar-refractivity contribution in [2.45, 2.75) is 38.3 Å². The zero-order valence-electron chi connectivity index (χ0n) is 11.4. The molecule has 1 aliphatic rings. The van der Waals surface area contributed by atoms with Crippen LogP contribution in [0.15, 0.2) is 18.2 Å². The molecule has 2 rings (SSSR count). The van der Waals surface area contributed by atoms with Gasteiger partial charge in [-0.15, -0.1) is 12.4 Å². The normalized spacial score (nSPS) is 18.9. The van der Waals surface area contributed by atoms with Crippen molar-refractivity contribution in [1.82, 2.24) is 5.32 Å². The lowest BCUT2D eigenvalue weighted by atomic mass is 10.0.